The van der Waals surface area contributed by atoms with Gasteiger partial charge in [-0.3, -0.25) is 14.2 Å². The minimum Gasteiger partial charge on any atom is -0.336 e. The van der Waals surface area contributed by atoms with Crippen LogP contribution in [0.1, 0.15) is 10.4 Å². The number of amides is 1. The quantitative estimate of drug-likeness (QED) is 0.333. The molecule has 4 aromatic rings. The molecule has 1 aliphatic rings. The van der Waals surface area contributed by atoms with Crippen LogP contribution < -0.4 is 9.44 Å². The molecule has 1 amide bonds. The number of rotatable bonds is 7. The van der Waals surface area contributed by atoms with Gasteiger partial charge in [-0.2, -0.15) is 0 Å². The second-order valence-corrected chi connectivity index (χ2v) is 13.6. The Bertz CT molecular complexity index is 1850. The molecule has 214 valence electrons. The third-order valence-electron chi connectivity index (χ3n) is 6.58. The zero-order chi connectivity index (χ0) is 29.4. The molecule has 3 aromatic carbocycles. The van der Waals surface area contributed by atoms with E-state index in [9.17, 15) is 21.6 Å². The first-order valence-corrected chi connectivity index (χ1v) is 16.6. The summed E-state index contributed by atoms with van der Waals surface area (Å²) in [5.74, 6) is -0.0775. The van der Waals surface area contributed by atoms with E-state index in [4.69, 9.17) is 9.97 Å². The number of nitrogens with zero attached hydrogens (tertiary/aromatic N) is 4. The molecule has 2 heterocycles. The van der Waals surface area contributed by atoms with Crippen molar-refractivity contribution in [3.05, 3.63) is 72.3 Å². The molecule has 0 unspecified atom stereocenters. The Labute approximate surface area is 239 Å². The number of hydrogen-bond acceptors (Lipinski definition) is 8. The number of sulfonamides is 2. The summed E-state index contributed by atoms with van der Waals surface area (Å²) >= 11 is 0. The fourth-order valence-electron chi connectivity index (χ4n) is 4.67. The summed E-state index contributed by atoms with van der Waals surface area (Å²) in [7, 11) is -5.01. The van der Waals surface area contributed by atoms with Gasteiger partial charge in [0.05, 0.1) is 34.9 Å². The molecule has 1 aromatic heterocycles. The van der Waals surface area contributed by atoms with Crippen LogP contribution in [0.3, 0.4) is 0 Å². The van der Waals surface area contributed by atoms with Gasteiger partial charge < -0.3 is 9.80 Å². The smallest absolute Gasteiger partial charge is 0.254 e. The van der Waals surface area contributed by atoms with Gasteiger partial charge in [-0.1, -0.05) is 24.3 Å². The number of carbonyl (C=O) groups excluding carboxylic acids is 1. The summed E-state index contributed by atoms with van der Waals surface area (Å²) in [5, 5.41) is 0. The molecular weight excluding hydrogens is 564 g/mol. The molecule has 1 fully saturated rings. The fourth-order valence-corrected chi connectivity index (χ4v) is 5.78. The van der Waals surface area contributed by atoms with Crippen molar-refractivity contribution in [3.8, 4) is 22.5 Å². The van der Waals surface area contributed by atoms with Crippen molar-refractivity contribution in [3.63, 3.8) is 0 Å². The first-order valence-electron chi connectivity index (χ1n) is 12.8. The average molecular weight is 595 g/mol. The van der Waals surface area contributed by atoms with Crippen LogP contribution in [0, 0.1) is 0 Å². The first-order chi connectivity index (χ1) is 19.3. The lowest BCUT2D eigenvalue weighted by Gasteiger charge is -2.32. The molecule has 5 rings (SSSR count). The van der Waals surface area contributed by atoms with Crippen molar-refractivity contribution in [1.82, 2.24) is 19.8 Å². The molecule has 1 aliphatic heterocycles. The summed E-state index contributed by atoms with van der Waals surface area (Å²) in [6, 6.07) is 18.7. The van der Waals surface area contributed by atoms with Crippen LogP contribution in [0.5, 0.6) is 0 Å². The number of aromatic nitrogens is 2. The summed E-state index contributed by atoms with van der Waals surface area (Å²) in [5.41, 5.74) is 4.34. The Morgan fingerprint density at radius 1 is 0.707 bits per heavy atom. The monoisotopic (exact) mass is 594 g/mol. The molecular formula is C28H30N6O5S2. The van der Waals surface area contributed by atoms with E-state index in [2.05, 4.69) is 14.3 Å². The van der Waals surface area contributed by atoms with Crippen LogP contribution in [0.15, 0.2) is 66.7 Å². The molecule has 0 aliphatic carbocycles. The van der Waals surface area contributed by atoms with Crippen LogP contribution in [-0.4, -0.2) is 88.2 Å². The Morgan fingerprint density at radius 2 is 1.22 bits per heavy atom. The van der Waals surface area contributed by atoms with Crippen molar-refractivity contribution >= 4 is 48.4 Å². The van der Waals surface area contributed by atoms with Crippen LogP contribution >= 0.6 is 0 Å². The maximum absolute atomic E-state index is 13.3. The third kappa shape index (κ3) is 6.99. The molecule has 2 N–H and O–H groups in total. The van der Waals surface area contributed by atoms with Crippen molar-refractivity contribution in [2.75, 3.05) is 55.2 Å². The van der Waals surface area contributed by atoms with Gasteiger partial charge in [0, 0.05) is 54.2 Å². The van der Waals surface area contributed by atoms with E-state index < -0.39 is 20.0 Å². The Hall–Kier alpha value is -4.07. The highest BCUT2D eigenvalue weighted by molar-refractivity contribution is 7.92. The summed E-state index contributed by atoms with van der Waals surface area (Å²) in [4.78, 5) is 27.0. The fraction of sp³-hybridized carbons (Fsp3) is 0.250. The lowest BCUT2D eigenvalue weighted by molar-refractivity contribution is 0.0664. The zero-order valence-electron chi connectivity index (χ0n) is 22.8. The number of carbonyl (C=O) groups is 1. The van der Waals surface area contributed by atoms with Gasteiger partial charge in [-0.15, -0.1) is 0 Å². The van der Waals surface area contributed by atoms with Crippen LogP contribution in [0.4, 0.5) is 11.4 Å². The summed E-state index contributed by atoms with van der Waals surface area (Å²) in [6.07, 6.45) is 2.14. The second-order valence-electron chi connectivity index (χ2n) is 10.1. The van der Waals surface area contributed by atoms with E-state index in [-0.39, 0.29) is 5.91 Å². The molecule has 0 radical (unpaired) electrons. The van der Waals surface area contributed by atoms with Gasteiger partial charge in [0.15, 0.2) is 0 Å². The second kappa shape index (κ2) is 11.1. The zero-order valence-corrected chi connectivity index (χ0v) is 24.5. The molecule has 0 spiro atoms. The minimum absolute atomic E-state index is 0.0775. The predicted molar refractivity (Wildman–Crippen MR) is 161 cm³/mol. The highest BCUT2D eigenvalue weighted by Crippen LogP contribution is 2.34. The van der Waals surface area contributed by atoms with E-state index in [0.717, 1.165) is 25.6 Å². The number of benzene rings is 3. The lowest BCUT2D eigenvalue weighted by Crippen LogP contribution is -2.47. The van der Waals surface area contributed by atoms with E-state index in [1.54, 1.807) is 66.7 Å². The highest BCUT2D eigenvalue weighted by atomic mass is 32.2. The minimum atomic E-state index is -3.52. The molecule has 0 bridgehead atoms. The number of piperazine rings is 1. The topological polar surface area (TPSA) is 142 Å². The van der Waals surface area contributed by atoms with Crippen LogP contribution in [0.2, 0.25) is 0 Å². The number of hydrogen-bond donors (Lipinski definition) is 2. The van der Waals surface area contributed by atoms with Gasteiger partial charge in [-0.05, 0) is 49.5 Å². The van der Waals surface area contributed by atoms with Gasteiger partial charge in [0.1, 0.15) is 0 Å². The standard InChI is InChI=1S/C28H30N6O5S2/c1-33-12-14-34(15-13-33)28(35)21-10-11-24-25(18-21)30-27(20-7-5-9-23(17-20)32-41(3,38)39)26(29-24)19-6-4-8-22(16-19)31-40(2,36)37/h4-11,16-18,31-32H,12-15H2,1-3H3. The maximum atomic E-state index is 13.3. The molecule has 1 saturated heterocycles. The number of likely N-dealkylation sites (N-methyl/N-ethyl adjacent to an activating group) is 1. The number of nitrogens with one attached hydrogen (secondary N) is 2. The van der Waals surface area contributed by atoms with Gasteiger partial charge in [0.25, 0.3) is 5.91 Å². The Morgan fingerprint density at radius 3 is 1.73 bits per heavy atom. The van der Waals surface area contributed by atoms with Crippen molar-refractivity contribution in [1.29, 1.82) is 0 Å². The van der Waals surface area contributed by atoms with Crippen LogP contribution in [-0.2, 0) is 20.0 Å². The first kappa shape index (κ1) is 28.5. The normalized spacial score (nSPS) is 14.7. The van der Waals surface area contributed by atoms with Crippen LogP contribution in [0.25, 0.3) is 33.5 Å². The van der Waals surface area contributed by atoms with Crippen molar-refractivity contribution in [2.24, 2.45) is 0 Å². The Balaban J connectivity index is 1.64. The Kier molecular flexibility index (Phi) is 7.68. The molecule has 13 heteroatoms. The van der Waals surface area contributed by atoms with E-state index in [0.29, 0.717) is 63.6 Å². The SMILES string of the molecule is CN1CCN(C(=O)c2ccc3nc(-c4cccc(NS(C)(=O)=O)c4)c(-c4cccc(NS(C)(=O)=O)c4)nc3c2)CC1. The number of fused-ring (bicyclic) bond motifs is 1. The molecule has 0 saturated carbocycles. The van der Waals surface area contributed by atoms with E-state index in [1.165, 1.54) is 0 Å². The predicted octanol–water partition coefficient (Wildman–Crippen LogP) is 3.09. The summed E-state index contributed by atoms with van der Waals surface area (Å²) < 4.78 is 52.4. The van der Waals surface area contributed by atoms with Gasteiger partial charge >= 0.3 is 0 Å². The third-order valence-corrected chi connectivity index (χ3v) is 7.79. The van der Waals surface area contributed by atoms with Gasteiger partial charge in [-0.25, -0.2) is 26.8 Å². The van der Waals surface area contributed by atoms with Crippen molar-refractivity contribution < 1.29 is 21.6 Å². The van der Waals surface area contributed by atoms with Gasteiger partial charge in [0.2, 0.25) is 20.0 Å². The largest absolute Gasteiger partial charge is 0.336 e. The lowest BCUT2D eigenvalue weighted by atomic mass is 10.0. The molecule has 11 nitrogen and oxygen atoms in total. The van der Waals surface area contributed by atoms with Crippen molar-refractivity contribution in [2.45, 2.75) is 0 Å². The highest BCUT2D eigenvalue weighted by Gasteiger charge is 2.22. The summed E-state index contributed by atoms with van der Waals surface area (Å²) in [6.45, 7) is 2.89. The molecule has 0 atom stereocenters. The molecule has 41 heavy (non-hydrogen) atoms. The van der Waals surface area contributed by atoms with E-state index >= 15 is 0 Å². The van der Waals surface area contributed by atoms with E-state index in [1.807, 2.05) is 11.9 Å². The number of anilines is 2. The average Bonchev–Trinajstić information content (AvgIpc) is 2.90. The maximum Gasteiger partial charge on any atom is 0.254 e.